The lowest BCUT2D eigenvalue weighted by Crippen LogP contribution is -2.41. The van der Waals surface area contributed by atoms with Crippen molar-refractivity contribution in [2.24, 2.45) is 0 Å². The van der Waals surface area contributed by atoms with Gasteiger partial charge in [-0.1, -0.05) is 18.2 Å². The zero-order chi connectivity index (χ0) is 18.4. The second-order valence-corrected chi connectivity index (χ2v) is 8.12. The first kappa shape index (κ1) is 16.8. The van der Waals surface area contributed by atoms with Gasteiger partial charge in [-0.15, -0.1) is 0 Å². The van der Waals surface area contributed by atoms with Crippen LogP contribution >= 0.6 is 0 Å². The Hall–Kier alpha value is -2.37. The molecule has 0 saturated carbocycles. The van der Waals surface area contributed by atoms with Gasteiger partial charge in [0.15, 0.2) is 0 Å². The van der Waals surface area contributed by atoms with Gasteiger partial charge in [-0.05, 0) is 61.6 Å². The van der Waals surface area contributed by atoms with E-state index in [0.717, 1.165) is 69.4 Å². The molecule has 1 amide bonds. The summed E-state index contributed by atoms with van der Waals surface area (Å²) in [6, 6.07) is 6.16. The van der Waals surface area contributed by atoms with Crippen LogP contribution in [0.5, 0.6) is 0 Å². The average Bonchev–Trinajstić information content (AvgIpc) is 3.42. The smallest absolute Gasteiger partial charge is 0.341 e. The van der Waals surface area contributed by atoms with Crippen LogP contribution in [0.3, 0.4) is 0 Å². The van der Waals surface area contributed by atoms with Crippen molar-refractivity contribution in [3.05, 3.63) is 51.2 Å². The molecule has 0 unspecified atom stereocenters. The second kappa shape index (κ2) is 6.66. The molecule has 0 N–H and O–H groups in total. The van der Waals surface area contributed by atoms with Crippen LogP contribution in [0.2, 0.25) is 0 Å². The van der Waals surface area contributed by atoms with E-state index in [-0.39, 0.29) is 17.6 Å². The van der Waals surface area contributed by atoms with Crippen molar-refractivity contribution in [2.75, 3.05) is 13.1 Å². The number of hydrogen-bond acceptors (Lipinski definition) is 3. The first-order chi connectivity index (χ1) is 13.2. The van der Waals surface area contributed by atoms with Crippen molar-refractivity contribution in [3.8, 4) is 0 Å². The summed E-state index contributed by atoms with van der Waals surface area (Å²) < 4.78 is 3.24. The predicted octanol–water partition coefficient (Wildman–Crippen LogP) is 2.08. The molecule has 0 bridgehead atoms. The third-order valence-electron chi connectivity index (χ3n) is 6.33. The molecular weight excluding hydrogens is 340 g/mol. The van der Waals surface area contributed by atoms with E-state index in [0.29, 0.717) is 6.54 Å². The van der Waals surface area contributed by atoms with Crippen LogP contribution < -0.4 is 5.69 Å². The number of likely N-dealkylation sites (tertiary alicyclic amines) is 1. The Morgan fingerprint density at radius 1 is 1.04 bits per heavy atom. The molecule has 5 rings (SSSR count). The van der Waals surface area contributed by atoms with Crippen LogP contribution in [0.15, 0.2) is 23.0 Å². The van der Waals surface area contributed by atoms with Crippen LogP contribution in [-0.4, -0.2) is 38.2 Å². The van der Waals surface area contributed by atoms with Gasteiger partial charge in [-0.25, -0.2) is 9.48 Å². The van der Waals surface area contributed by atoms with Crippen LogP contribution in [0.4, 0.5) is 0 Å². The molecule has 2 aliphatic heterocycles. The molecule has 1 saturated heterocycles. The minimum atomic E-state index is -0.367. The number of hydrogen-bond donors (Lipinski definition) is 0. The number of aryl methyl sites for hydroxylation is 3. The topological polar surface area (TPSA) is 60.1 Å². The van der Waals surface area contributed by atoms with Gasteiger partial charge in [0.05, 0.1) is 6.54 Å². The molecule has 1 fully saturated rings. The van der Waals surface area contributed by atoms with Gasteiger partial charge >= 0.3 is 5.69 Å². The molecule has 1 aromatic heterocycles. The van der Waals surface area contributed by atoms with E-state index in [1.165, 1.54) is 17.5 Å². The summed E-state index contributed by atoms with van der Waals surface area (Å²) in [6.07, 6.45) is 8.08. The molecule has 3 aliphatic rings. The van der Waals surface area contributed by atoms with Gasteiger partial charge in [-0.3, -0.25) is 9.36 Å². The van der Waals surface area contributed by atoms with Gasteiger partial charge in [0.2, 0.25) is 5.91 Å². The molecule has 27 heavy (non-hydrogen) atoms. The Kier molecular flexibility index (Phi) is 4.14. The number of carbonyl (C=O) groups is 1. The van der Waals surface area contributed by atoms with Gasteiger partial charge in [-0.2, -0.15) is 5.10 Å². The third kappa shape index (κ3) is 2.91. The fourth-order valence-electron chi connectivity index (χ4n) is 4.91. The second-order valence-electron chi connectivity index (χ2n) is 8.12. The SMILES string of the molecule is O=C([C@H]1CCCc2nn(Cc3ccc4c(c3)CCC4)c(=O)n21)N1CCCC1. The summed E-state index contributed by atoms with van der Waals surface area (Å²) in [5.41, 5.74) is 3.83. The Labute approximate surface area is 158 Å². The van der Waals surface area contributed by atoms with Crippen LogP contribution in [0.25, 0.3) is 0 Å². The molecular formula is C21H26N4O2. The number of amides is 1. The quantitative estimate of drug-likeness (QED) is 0.836. The van der Waals surface area contributed by atoms with E-state index < -0.39 is 0 Å². The molecule has 2 aromatic rings. The largest absolute Gasteiger partial charge is 0.346 e. The van der Waals surface area contributed by atoms with E-state index >= 15 is 0 Å². The van der Waals surface area contributed by atoms with E-state index in [2.05, 4.69) is 23.3 Å². The number of aromatic nitrogens is 3. The first-order valence-corrected chi connectivity index (χ1v) is 10.3. The highest BCUT2D eigenvalue weighted by atomic mass is 16.2. The van der Waals surface area contributed by atoms with Crippen molar-refractivity contribution < 1.29 is 4.79 Å². The van der Waals surface area contributed by atoms with Gasteiger partial charge in [0.25, 0.3) is 0 Å². The van der Waals surface area contributed by atoms with Crippen LogP contribution in [0, 0.1) is 0 Å². The minimum Gasteiger partial charge on any atom is -0.341 e. The molecule has 1 aromatic carbocycles. The first-order valence-electron chi connectivity index (χ1n) is 10.3. The molecule has 142 valence electrons. The number of carbonyl (C=O) groups excluding carboxylic acids is 1. The summed E-state index contributed by atoms with van der Waals surface area (Å²) in [4.78, 5) is 27.9. The molecule has 3 heterocycles. The normalized spacial score (nSPS) is 21.3. The maximum atomic E-state index is 13.1. The fraction of sp³-hybridized carbons (Fsp3) is 0.571. The molecule has 0 radical (unpaired) electrons. The van der Waals surface area contributed by atoms with Crippen molar-refractivity contribution in [3.63, 3.8) is 0 Å². The van der Waals surface area contributed by atoms with E-state index in [9.17, 15) is 9.59 Å². The summed E-state index contributed by atoms with van der Waals surface area (Å²) >= 11 is 0. The van der Waals surface area contributed by atoms with E-state index in [4.69, 9.17) is 0 Å². The Morgan fingerprint density at radius 3 is 2.70 bits per heavy atom. The molecule has 1 atom stereocenters. The maximum absolute atomic E-state index is 13.1. The summed E-state index contributed by atoms with van der Waals surface area (Å²) in [5.74, 6) is 0.873. The number of benzene rings is 1. The Bertz CT molecular complexity index is 936. The molecule has 6 nitrogen and oxygen atoms in total. The highest BCUT2D eigenvalue weighted by Crippen LogP contribution is 2.26. The fourth-order valence-corrected chi connectivity index (χ4v) is 4.91. The number of fused-ring (bicyclic) bond motifs is 2. The lowest BCUT2D eigenvalue weighted by molar-refractivity contribution is -0.134. The monoisotopic (exact) mass is 366 g/mol. The minimum absolute atomic E-state index is 0.104. The van der Waals surface area contributed by atoms with Gasteiger partial charge < -0.3 is 4.90 Å². The Balaban J connectivity index is 1.44. The standard InChI is InChI=1S/C21H26N4O2/c26-20(23-11-1-2-12-23)18-7-4-8-19-22-24(21(27)25(18)19)14-15-9-10-16-5-3-6-17(16)13-15/h9-10,13,18H,1-8,11-12,14H2/t18-/m1/s1. The van der Waals surface area contributed by atoms with Gasteiger partial charge in [0, 0.05) is 19.5 Å². The van der Waals surface area contributed by atoms with Crippen molar-refractivity contribution in [1.82, 2.24) is 19.2 Å². The summed E-state index contributed by atoms with van der Waals surface area (Å²) in [6.45, 7) is 2.13. The average molecular weight is 366 g/mol. The maximum Gasteiger partial charge on any atom is 0.346 e. The lowest BCUT2D eigenvalue weighted by atomic mass is 10.0. The molecule has 1 aliphatic carbocycles. The highest BCUT2D eigenvalue weighted by Gasteiger charge is 2.34. The third-order valence-corrected chi connectivity index (χ3v) is 6.33. The highest BCUT2D eigenvalue weighted by molar-refractivity contribution is 5.80. The van der Waals surface area contributed by atoms with Crippen molar-refractivity contribution >= 4 is 5.91 Å². The Morgan fingerprint density at radius 2 is 1.85 bits per heavy atom. The zero-order valence-corrected chi connectivity index (χ0v) is 15.7. The van der Waals surface area contributed by atoms with E-state index in [1.807, 2.05) is 4.90 Å². The van der Waals surface area contributed by atoms with Crippen LogP contribution in [0.1, 0.15) is 60.7 Å². The molecule has 6 heteroatoms. The van der Waals surface area contributed by atoms with Gasteiger partial charge in [0.1, 0.15) is 11.9 Å². The van der Waals surface area contributed by atoms with Crippen molar-refractivity contribution in [2.45, 2.75) is 64.0 Å². The lowest BCUT2D eigenvalue weighted by Gasteiger charge is -2.27. The molecule has 0 spiro atoms. The van der Waals surface area contributed by atoms with E-state index in [1.54, 1.807) is 9.25 Å². The summed E-state index contributed by atoms with van der Waals surface area (Å²) in [7, 11) is 0. The van der Waals surface area contributed by atoms with Crippen molar-refractivity contribution in [1.29, 1.82) is 0 Å². The number of rotatable bonds is 3. The number of nitrogens with zero attached hydrogens (tertiary/aromatic N) is 4. The van der Waals surface area contributed by atoms with Crippen LogP contribution in [-0.2, 0) is 30.6 Å². The predicted molar refractivity (Wildman–Crippen MR) is 102 cm³/mol. The zero-order valence-electron chi connectivity index (χ0n) is 15.7. The summed E-state index contributed by atoms with van der Waals surface area (Å²) in [5, 5.41) is 4.59.